The lowest BCUT2D eigenvalue weighted by Gasteiger charge is -2.45. The van der Waals surface area contributed by atoms with E-state index in [2.05, 4.69) is 6.92 Å². The maximum Gasteiger partial charge on any atom is -0.0261 e. The minimum Gasteiger partial charge on any atom is -0.0625 e. The number of fused-ring (bicyclic) bond motifs is 2. The normalized spacial score (nSPS) is 63.9. The Morgan fingerprint density at radius 3 is 2.50 bits per heavy atom. The molecule has 1 spiro atoms. The van der Waals surface area contributed by atoms with Crippen molar-refractivity contribution < 1.29 is 0 Å². The van der Waals surface area contributed by atoms with Gasteiger partial charge in [0.15, 0.2) is 0 Å². The summed E-state index contributed by atoms with van der Waals surface area (Å²) in [6.07, 6.45) is 7.93. The third-order valence-corrected chi connectivity index (χ3v) is 4.23. The first kappa shape index (κ1) is 5.62. The molecule has 3 aliphatic rings. The smallest absolute Gasteiger partial charge is 0.0261 e. The van der Waals surface area contributed by atoms with Crippen molar-refractivity contribution in [3.8, 4) is 0 Å². The summed E-state index contributed by atoms with van der Waals surface area (Å²) in [7, 11) is 0. The second kappa shape index (κ2) is 1.44. The van der Waals surface area contributed by atoms with Gasteiger partial charge in [-0.25, -0.2) is 0 Å². The first-order valence-corrected chi connectivity index (χ1v) is 4.80. The molecule has 3 aliphatic carbocycles. The molecule has 0 bridgehead atoms. The van der Waals surface area contributed by atoms with Gasteiger partial charge in [-0.05, 0) is 55.3 Å². The van der Waals surface area contributed by atoms with E-state index in [0.717, 1.165) is 11.3 Å². The molecule has 3 fully saturated rings. The van der Waals surface area contributed by atoms with Crippen LogP contribution < -0.4 is 0 Å². The van der Waals surface area contributed by atoms with Crippen molar-refractivity contribution in [3.05, 3.63) is 0 Å². The van der Waals surface area contributed by atoms with E-state index in [1.807, 2.05) is 0 Å². The van der Waals surface area contributed by atoms with E-state index in [1.54, 1.807) is 32.1 Å². The van der Waals surface area contributed by atoms with Crippen molar-refractivity contribution >= 4 is 0 Å². The summed E-state index contributed by atoms with van der Waals surface area (Å²) in [4.78, 5) is 0. The number of hydrogen-bond acceptors (Lipinski definition) is 0. The SMILES string of the molecule is CC1CC2(CCC3CC32)C1. The second-order valence-corrected chi connectivity index (χ2v) is 5.02. The van der Waals surface area contributed by atoms with Gasteiger partial charge >= 0.3 is 0 Å². The van der Waals surface area contributed by atoms with E-state index in [9.17, 15) is 0 Å². The Morgan fingerprint density at radius 1 is 1.30 bits per heavy atom. The van der Waals surface area contributed by atoms with Gasteiger partial charge in [0.2, 0.25) is 0 Å². The van der Waals surface area contributed by atoms with Crippen LogP contribution in [0.5, 0.6) is 0 Å². The quantitative estimate of drug-likeness (QED) is 0.480. The Bertz CT molecular complexity index is 165. The van der Waals surface area contributed by atoms with Crippen LogP contribution in [-0.4, -0.2) is 0 Å². The Kier molecular flexibility index (Phi) is 0.810. The lowest BCUT2D eigenvalue weighted by molar-refractivity contribution is 0.0488. The summed E-state index contributed by atoms with van der Waals surface area (Å²) in [5.74, 6) is 3.48. The van der Waals surface area contributed by atoms with Gasteiger partial charge in [-0.2, -0.15) is 0 Å². The lowest BCUT2D eigenvalue weighted by Crippen LogP contribution is -2.35. The zero-order valence-corrected chi connectivity index (χ0v) is 6.77. The molecule has 0 aliphatic heterocycles. The average Bonchev–Trinajstić information content (AvgIpc) is 2.52. The van der Waals surface area contributed by atoms with E-state index in [-0.39, 0.29) is 0 Å². The van der Waals surface area contributed by atoms with Gasteiger partial charge < -0.3 is 0 Å². The van der Waals surface area contributed by atoms with E-state index in [1.165, 1.54) is 11.8 Å². The summed E-state index contributed by atoms with van der Waals surface area (Å²) in [6.45, 7) is 2.42. The fraction of sp³-hybridized carbons (Fsp3) is 1.00. The fourth-order valence-electron chi connectivity index (χ4n) is 3.81. The Hall–Kier alpha value is 0. The summed E-state index contributed by atoms with van der Waals surface area (Å²) < 4.78 is 0. The molecule has 0 aromatic rings. The highest BCUT2D eigenvalue weighted by Crippen LogP contribution is 2.70. The van der Waals surface area contributed by atoms with Crippen LogP contribution in [-0.2, 0) is 0 Å². The topological polar surface area (TPSA) is 0 Å². The summed E-state index contributed by atoms with van der Waals surface area (Å²) in [5, 5.41) is 0. The van der Waals surface area contributed by atoms with Gasteiger partial charge in [-0.3, -0.25) is 0 Å². The molecule has 3 saturated carbocycles. The molecule has 0 N–H and O–H groups in total. The standard InChI is InChI=1S/C10H16/c1-7-5-10(6-7)3-2-8-4-9(8)10/h7-9H,2-6H2,1H3. The molecular formula is C10H16. The zero-order chi connectivity index (χ0) is 6.77. The van der Waals surface area contributed by atoms with Gasteiger partial charge in [0.05, 0.1) is 0 Å². The van der Waals surface area contributed by atoms with Crippen LogP contribution in [0.1, 0.15) is 39.0 Å². The van der Waals surface area contributed by atoms with Crippen molar-refractivity contribution in [1.29, 1.82) is 0 Å². The van der Waals surface area contributed by atoms with Crippen LogP contribution >= 0.6 is 0 Å². The molecule has 0 heteroatoms. The maximum atomic E-state index is 2.42. The van der Waals surface area contributed by atoms with Crippen LogP contribution in [0.25, 0.3) is 0 Å². The largest absolute Gasteiger partial charge is 0.0625 e. The highest BCUT2D eigenvalue weighted by atomic mass is 14.7. The second-order valence-electron chi connectivity index (χ2n) is 5.02. The van der Waals surface area contributed by atoms with Crippen LogP contribution in [0.4, 0.5) is 0 Å². The van der Waals surface area contributed by atoms with Gasteiger partial charge in [0, 0.05) is 0 Å². The highest BCUT2D eigenvalue weighted by Gasteiger charge is 2.61. The Balaban J connectivity index is 1.81. The third-order valence-electron chi connectivity index (χ3n) is 4.23. The molecule has 3 rings (SSSR count). The number of rotatable bonds is 0. The molecule has 0 saturated heterocycles. The molecule has 0 aromatic heterocycles. The monoisotopic (exact) mass is 136 g/mol. The summed E-state index contributed by atoms with van der Waals surface area (Å²) in [5.41, 5.74) is 0.921. The molecule has 0 radical (unpaired) electrons. The van der Waals surface area contributed by atoms with Crippen LogP contribution in [0.15, 0.2) is 0 Å². The maximum absolute atomic E-state index is 2.42. The van der Waals surface area contributed by atoms with Crippen LogP contribution in [0.3, 0.4) is 0 Å². The summed E-state index contributed by atoms with van der Waals surface area (Å²) >= 11 is 0. The van der Waals surface area contributed by atoms with Crippen molar-refractivity contribution in [3.63, 3.8) is 0 Å². The minimum absolute atomic E-state index is 0.921. The molecule has 2 atom stereocenters. The molecular weight excluding hydrogens is 120 g/mol. The predicted octanol–water partition coefficient (Wildman–Crippen LogP) is 2.83. The third kappa shape index (κ3) is 0.500. The van der Waals surface area contributed by atoms with Crippen molar-refractivity contribution in [2.45, 2.75) is 39.0 Å². The summed E-state index contributed by atoms with van der Waals surface area (Å²) in [6, 6.07) is 0. The minimum atomic E-state index is 0.921. The highest BCUT2D eigenvalue weighted by molar-refractivity contribution is 5.11. The molecule has 0 aromatic carbocycles. The van der Waals surface area contributed by atoms with E-state index >= 15 is 0 Å². The predicted molar refractivity (Wildman–Crippen MR) is 41.7 cm³/mol. The number of hydrogen-bond donors (Lipinski definition) is 0. The molecule has 56 valence electrons. The Morgan fingerprint density at radius 2 is 2.10 bits per heavy atom. The van der Waals surface area contributed by atoms with Crippen LogP contribution in [0.2, 0.25) is 0 Å². The van der Waals surface area contributed by atoms with Crippen LogP contribution in [0, 0.1) is 23.2 Å². The molecule has 0 heterocycles. The average molecular weight is 136 g/mol. The van der Waals surface area contributed by atoms with Crippen molar-refractivity contribution in [1.82, 2.24) is 0 Å². The van der Waals surface area contributed by atoms with E-state index < -0.39 is 0 Å². The Labute approximate surface area is 63.0 Å². The first-order chi connectivity index (χ1) is 4.80. The lowest BCUT2D eigenvalue weighted by atomic mass is 9.60. The van der Waals surface area contributed by atoms with Crippen molar-refractivity contribution in [2.24, 2.45) is 23.2 Å². The molecule has 2 unspecified atom stereocenters. The van der Waals surface area contributed by atoms with Gasteiger partial charge in [0.1, 0.15) is 0 Å². The fourth-order valence-corrected chi connectivity index (χ4v) is 3.81. The molecule has 0 nitrogen and oxygen atoms in total. The van der Waals surface area contributed by atoms with E-state index in [0.29, 0.717) is 0 Å². The van der Waals surface area contributed by atoms with Gasteiger partial charge in [-0.1, -0.05) is 6.92 Å². The van der Waals surface area contributed by atoms with Gasteiger partial charge in [0.25, 0.3) is 0 Å². The molecule has 0 amide bonds. The van der Waals surface area contributed by atoms with Crippen molar-refractivity contribution in [2.75, 3.05) is 0 Å². The molecule has 10 heavy (non-hydrogen) atoms. The zero-order valence-electron chi connectivity index (χ0n) is 6.77. The van der Waals surface area contributed by atoms with E-state index in [4.69, 9.17) is 0 Å². The first-order valence-electron chi connectivity index (χ1n) is 4.80. The van der Waals surface area contributed by atoms with Gasteiger partial charge in [-0.15, -0.1) is 0 Å².